The molecule has 1 fully saturated rings. The number of para-hydroxylation sites is 1. The minimum atomic E-state index is -0.155. The number of carbonyl (C=O) groups excluding carboxylic acids is 1. The number of ether oxygens (including phenoxy) is 1. The highest BCUT2D eigenvalue weighted by atomic mass is 32.1. The van der Waals surface area contributed by atoms with Crippen molar-refractivity contribution in [3.63, 3.8) is 0 Å². The Hall–Kier alpha value is -3.63. The van der Waals surface area contributed by atoms with E-state index in [1.807, 2.05) is 36.7 Å². The largest absolute Gasteiger partial charge is 0.437 e. The van der Waals surface area contributed by atoms with Crippen LogP contribution in [-0.4, -0.2) is 56.9 Å². The molecular formula is C24H25N7O2S. The van der Waals surface area contributed by atoms with Crippen molar-refractivity contribution in [2.75, 3.05) is 36.4 Å². The maximum Gasteiger partial charge on any atom is 0.224 e. The molecule has 0 bridgehead atoms. The fourth-order valence-electron chi connectivity index (χ4n) is 4.07. The van der Waals surface area contributed by atoms with Crippen LogP contribution in [0.3, 0.4) is 0 Å². The molecule has 1 atom stereocenters. The number of amides is 1. The Labute approximate surface area is 201 Å². The molecule has 1 aliphatic rings. The van der Waals surface area contributed by atoms with E-state index in [0.717, 1.165) is 36.7 Å². The van der Waals surface area contributed by atoms with Gasteiger partial charge in [-0.3, -0.25) is 14.7 Å². The van der Waals surface area contributed by atoms with Gasteiger partial charge in [-0.25, -0.2) is 15.0 Å². The van der Waals surface area contributed by atoms with E-state index in [0.29, 0.717) is 28.3 Å². The number of nitrogens with one attached hydrogen (secondary N) is 1. The van der Waals surface area contributed by atoms with Crippen LogP contribution in [-0.2, 0) is 4.79 Å². The van der Waals surface area contributed by atoms with Crippen LogP contribution in [0.15, 0.2) is 55.1 Å². The zero-order chi connectivity index (χ0) is 23.5. The molecular weight excluding hydrogens is 450 g/mol. The molecule has 0 aliphatic carbocycles. The van der Waals surface area contributed by atoms with Crippen molar-refractivity contribution < 1.29 is 9.53 Å². The summed E-state index contributed by atoms with van der Waals surface area (Å²) in [5.41, 5.74) is 1.97. The maximum atomic E-state index is 11.4. The lowest BCUT2D eigenvalue weighted by atomic mass is 10.1. The number of piperazine rings is 1. The van der Waals surface area contributed by atoms with Gasteiger partial charge in [0.1, 0.15) is 17.7 Å². The van der Waals surface area contributed by atoms with Crippen LogP contribution in [0.4, 0.5) is 10.9 Å². The molecule has 1 aliphatic heterocycles. The molecule has 9 nitrogen and oxygen atoms in total. The van der Waals surface area contributed by atoms with Crippen LogP contribution in [0.5, 0.6) is 11.6 Å². The van der Waals surface area contributed by atoms with Gasteiger partial charge in [0.05, 0.1) is 4.70 Å². The molecule has 0 radical (unpaired) electrons. The Morgan fingerprint density at radius 3 is 2.68 bits per heavy atom. The first-order chi connectivity index (χ1) is 16.6. The average Bonchev–Trinajstić information content (AvgIpc) is 3.27. The molecule has 4 aromatic rings. The number of anilines is 2. The molecule has 34 heavy (non-hydrogen) atoms. The van der Waals surface area contributed by atoms with Crippen LogP contribution in [0.25, 0.3) is 10.2 Å². The molecule has 10 heteroatoms. The van der Waals surface area contributed by atoms with Crippen LogP contribution >= 0.6 is 11.3 Å². The van der Waals surface area contributed by atoms with E-state index in [9.17, 15) is 4.79 Å². The number of thiazole rings is 1. The van der Waals surface area contributed by atoms with E-state index in [1.54, 1.807) is 0 Å². The lowest BCUT2D eigenvalue weighted by Crippen LogP contribution is -2.47. The lowest BCUT2D eigenvalue weighted by molar-refractivity contribution is -0.114. The van der Waals surface area contributed by atoms with Gasteiger partial charge >= 0.3 is 0 Å². The Morgan fingerprint density at radius 1 is 1.12 bits per heavy atom. The van der Waals surface area contributed by atoms with E-state index < -0.39 is 0 Å². The van der Waals surface area contributed by atoms with Crippen molar-refractivity contribution in [1.82, 2.24) is 24.8 Å². The van der Waals surface area contributed by atoms with Gasteiger partial charge in [0, 0.05) is 57.6 Å². The first kappa shape index (κ1) is 22.2. The topological polar surface area (TPSA) is 96.4 Å². The first-order valence-corrected chi connectivity index (χ1v) is 11.9. The Bertz CT molecular complexity index is 1290. The van der Waals surface area contributed by atoms with Crippen molar-refractivity contribution in [3.05, 3.63) is 60.7 Å². The number of carbonyl (C=O) groups is 1. The Kier molecular flexibility index (Phi) is 6.33. The molecule has 5 rings (SSSR count). The highest BCUT2D eigenvalue weighted by Gasteiger charge is 2.23. The summed E-state index contributed by atoms with van der Waals surface area (Å²) in [6, 6.07) is 12.1. The van der Waals surface area contributed by atoms with E-state index in [4.69, 9.17) is 4.74 Å². The number of hydrogen-bond donors (Lipinski definition) is 1. The van der Waals surface area contributed by atoms with Crippen LogP contribution < -0.4 is 15.0 Å². The van der Waals surface area contributed by atoms with Crippen molar-refractivity contribution in [2.24, 2.45) is 0 Å². The molecule has 0 unspecified atom stereocenters. The van der Waals surface area contributed by atoms with Crippen molar-refractivity contribution in [2.45, 2.75) is 19.9 Å². The molecule has 1 aromatic carbocycles. The standard InChI is InChI=1S/C24H25N7O2S/c1-16(18-6-8-25-9-7-18)30-10-12-31(13-11-30)21-14-22(27-15-26-21)33-19-4-3-5-20-23(19)29-24(34-20)28-17(2)32/h3-9,14-16H,10-13H2,1-2H3,(H,28,29,32)/t16-/m1/s1. The van der Waals surface area contributed by atoms with Gasteiger partial charge in [0.25, 0.3) is 0 Å². The van der Waals surface area contributed by atoms with Gasteiger partial charge < -0.3 is 15.0 Å². The van der Waals surface area contributed by atoms with Gasteiger partial charge in [0.15, 0.2) is 10.9 Å². The minimum absolute atomic E-state index is 0.155. The summed E-state index contributed by atoms with van der Waals surface area (Å²) in [5, 5.41) is 3.28. The predicted molar refractivity (Wildman–Crippen MR) is 132 cm³/mol. The summed E-state index contributed by atoms with van der Waals surface area (Å²) in [6.45, 7) is 7.31. The van der Waals surface area contributed by atoms with E-state index in [-0.39, 0.29) is 5.91 Å². The van der Waals surface area contributed by atoms with Crippen LogP contribution in [0, 0.1) is 0 Å². The van der Waals surface area contributed by atoms with Gasteiger partial charge in [-0.05, 0) is 36.8 Å². The monoisotopic (exact) mass is 475 g/mol. The average molecular weight is 476 g/mol. The molecule has 1 amide bonds. The molecule has 4 heterocycles. The fourth-order valence-corrected chi connectivity index (χ4v) is 5.00. The third-order valence-corrected chi connectivity index (χ3v) is 6.82. The predicted octanol–water partition coefficient (Wildman–Crippen LogP) is 4.12. The summed E-state index contributed by atoms with van der Waals surface area (Å²) in [7, 11) is 0. The Balaban J connectivity index is 1.28. The van der Waals surface area contributed by atoms with Gasteiger partial charge in [-0.2, -0.15) is 0 Å². The lowest BCUT2D eigenvalue weighted by Gasteiger charge is -2.38. The second-order valence-corrected chi connectivity index (χ2v) is 9.13. The second-order valence-electron chi connectivity index (χ2n) is 8.10. The Morgan fingerprint density at radius 2 is 1.91 bits per heavy atom. The molecule has 0 saturated carbocycles. The first-order valence-electron chi connectivity index (χ1n) is 11.1. The molecule has 3 aromatic heterocycles. The zero-order valence-corrected chi connectivity index (χ0v) is 19.8. The molecule has 174 valence electrons. The summed E-state index contributed by atoms with van der Waals surface area (Å²) in [6.07, 6.45) is 5.22. The van der Waals surface area contributed by atoms with Crippen LogP contribution in [0.1, 0.15) is 25.5 Å². The number of aromatic nitrogens is 4. The smallest absolute Gasteiger partial charge is 0.224 e. The summed E-state index contributed by atoms with van der Waals surface area (Å²) >= 11 is 1.40. The number of nitrogens with zero attached hydrogens (tertiary/aromatic N) is 6. The van der Waals surface area contributed by atoms with Crippen LogP contribution in [0.2, 0.25) is 0 Å². The summed E-state index contributed by atoms with van der Waals surface area (Å²) in [5.74, 6) is 1.73. The number of benzene rings is 1. The SMILES string of the molecule is CC(=O)Nc1nc2c(Oc3cc(N4CCN([C@H](C)c5ccncc5)CC4)ncn3)cccc2s1. The summed E-state index contributed by atoms with van der Waals surface area (Å²) < 4.78 is 7.02. The van der Waals surface area contributed by atoms with Gasteiger partial charge in [-0.15, -0.1) is 0 Å². The number of fused-ring (bicyclic) bond motifs is 1. The summed E-state index contributed by atoms with van der Waals surface area (Å²) in [4.78, 5) is 33.5. The molecule has 1 saturated heterocycles. The third-order valence-electron chi connectivity index (χ3n) is 5.88. The maximum absolute atomic E-state index is 11.4. The zero-order valence-electron chi connectivity index (χ0n) is 19.0. The third kappa shape index (κ3) is 4.82. The highest BCUT2D eigenvalue weighted by molar-refractivity contribution is 7.22. The van der Waals surface area contributed by atoms with Crippen molar-refractivity contribution >= 4 is 38.4 Å². The number of hydrogen-bond acceptors (Lipinski definition) is 9. The fraction of sp³-hybridized carbons (Fsp3) is 0.292. The minimum Gasteiger partial charge on any atom is -0.437 e. The normalized spacial score (nSPS) is 15.3. The molecule has 0 spiro atoms. The number of rotatable bonds is 6. The quantitative estimate of drug-likeness (QED) is 0.445. The van der Waals surface area contributed by atoms with E-state index in [2.05, 4.69) is 54.1 Å². The molecule has 1 N–H and O–H groups in total. The van der Waals surface area contributed by atoms with Gasteiger partial charge in [-0.1, -0.05) is 17.4 Å². The number of pyridine rings is 1. The van der Waals surface area contributed by atoms with Crippen molar-refractivity contribution in [3.8, 4) is 11.6 Å². The highest BCUT2D eigenvalue weighted by Crippen LogP contribution is 2.34. The van der Waals surface area contributed by atoms with Gasteiger partial charge in [0.2, 0.25) is 11.8 Å². The van der Waals surface area contributed by atoms with E-state index >= 15 is 0 Å². The van der Waals surface area contributed by atoms with E-state index in [1.165, 1.54) is 30.2 Å². The second kappa shape index (κ2) is 9.70. The van der Waals surface area contributed by atoms with Crippen molar-refractivity contribution in [1.29, 1.82) is 0 Å².